The molecule has 0 aromatic carbocycles. The summed E-state index contributed by atoms with van der Waals surface area (Å²) in [5.74, 6) is 0. The minimum Gasteiger partial charge on any atom is -0.287 e. The first-order valence-corrected chi connectivity index (χ1v) is 2.25. The van der Waals surface area contributed by atoms with Crippen molar-refractivity contribution >= 4 is 37.6 Å². The molecule has 0 aromatic heterocycles. The molecule has 0 amide bonds. The Balaban J connectivity index is 0. The molecule has 1 nitrogen and oxygen atoms in total. The lowest BCUT2D eigenvalue weighted by Gasteiger charge is -1.68. The molecule has 0 fully saturated rings. The second kappa shape index (κ2) is 5.63. The zero-order valence-electron chi connectivity index (χ0n) is 3.40. The Bertz CT molecular complexity index is 44.1. The van der Waals surface area contributed by atoms with Gasteiger partial charge in [-0.1, -0.05) is 6.92 Å². The Morgan fingerprint density at radius 1 is 1.83 bits per heavy atom. The highest BCUT2D eigenvalue weighted by molar-refractivity contribution is 9.18. The fourth-order valence-electron chi connectivity index (χ4n) is 0. The number of carbonyl (C=O) groups excluding carboxylic acids is 1. The van der Waals surface area contributed by atoms with E-state index in [1.54, 1.807) is 6.92 Å². The summed E-state index contributed by atoms with van der Waals surface area (Å²) in [4.78, 5) is 9.73. The summed E-state index contributed by atoms with van der Waals surface area (Å²) in [6.07, 6.45) is 0.583. The Hall–Kier alpha value is 0.630. The first-order valence-electron chi connectivity index (χ1n) is 1.45. The lowest BCUT2D eigenvalue weighted by atomic mass is 10.6. The Morgan fingerprint density at radius 2 is 2.00 bits per heavy atom. The Kier molecular flexibility index (Phi) is 9.20. The third-order valence-corrected chi connectivity index (χ3v) is 0.839. The molecule has 0 atom stereocenters. The molecule has 0 radical (unpaired) electrons. The smallest absolute Gasteiger partial charge is 0.197 e. The summed E-state index contributed by atoms with van der Waals surface area (Å²) in [5, 5.41) is 0. The van der Waals surface area contributed by atoms with Gasteiger partial charge in [0, 0.05) is 6.42 Å². The summed E-state index contributed by atoms with van der Waals surface area (Å²) in [6, 6.07) is 0. The minimum atomic E-state index is 0. The van der Waals surface area contributed by atoms with Crippen molar-refractivity contribution in [3.05, 3.63) is 0 Å². The molecule has 0 saturated carbocycles. The van der Waals surface area contributed by atoms with Gasteiger partial charge in [0.05, 0.1) is 0 Å². The lowest BCUT2D eigenvalue weighted by molar-refractivity contribution is -0.110. The predicted molar refractivity (Wildman–Crippen MR) is 34.5 cm³/mol. The molecule has 0 aliphatic rings. The molecule has 6 heavy (non-hydrogen) atoms. The largest absolute Gasteiger partial charge is 0.287 e. The lowest BCUT2D eigenvalue weighted by Crippen LogP contribution is -1.73. The molecule has 0 heterocycles. The van der Waals surface area contributed by atoms with Crippen LogP contribution in [0.1, 0.15) is 13.3 Å². The predicted octanol–water partition coefficient (Wildman–Crippen LogP) is 1.90. The van der Waals surface area contributed by atoms with Gasteiger partial charge in [0.15, 0.2) is 4.69 Å². The van der Waals surface area contributed by atoms with Crippen LogP contribution >= 0.6 is 32.9 Å². The fourth-order valence-corrected chi connectivity index (χ4v) is 0. The summed E-state index contributed by atoms with van der Waals surface area (Å²) >= 11 is 2.73. The molecule has 3 heteroatoms. The minimum absolute atomic E-state index is 0. The van der Waals surface area contributed by atoms with E-state index in [2.05, 4.69) is 15.9 Å². The number of carbonyl (C=O) groups is 1. The third kappa shape index (κ3) is 8.82. The molecule has 0 aliphatic carbocycles. The van der Waals surface area contributed by atoms with E-state index in [4.69, 9.17) is 0 Å². The van der Waals surface area contributed by atoms with E-state index < -0.39 is 0 Å². The Morgan fingerprint density at radius 3 is 2.00 bits per heavy atom. The van der Waals surface area contributed by atoms with Crippen LogP contribution in [0.3, 0.4) is 0 Å². The molecule has 38 valence electrons. The van der Waals surface area contributed by atoms with Crippen molar-refractivity contribution in [1.82, 2.24) is 0 Å². The highest BCUT2D eigenvalue weighted by Gasteiger charge is 1.80. The van der Waals surface area contributed by atoms with Crippen molar-refractivity contribution in [2.75, 3.05) is 0 Å². The van der Waals surface area contributed by atoms with Gasteiger partial charge in [-0.25, -0.2) is 0 Å². The van der Waals surface area contributed by atoms with Crippen LogP contribution in [0.2, 0.25) is 0 Å². The normalized spacial score (nSPS) is 6.33. The van der Waals surface area contributed by atoms with E-state index in [1.165, 1.54) is 0 Å². The summed E-state index contributed by atoms with van der Waals surface area (Å²) < 4.78 is 0.0671. The van der Waals surface area contributed by atoms with Crippen molar-refractivity contribution in [3.8, 4) is 0 Å². The van der Waals surface area contributed by atoms with Gasteiger partial charge in [-0.05, 0) is 15.9 Å². The van der Waals surface area contributed by atoms with Crippen LogP contribution < -0.4 is 0 Å². The van der Waals surface area contributed by atoms with E-state index in [0.717, 1.165) is 0 Å². The molecule has 0 unspecified atom stereocenters. The van der Waals surface area contributed by atoms with Crippen LogP contribution in [0, 0.1) is 0 Å². The molecule has 0 bridgehead atoms. The highest BCUT2D eigenvalue weighted by Crippen LogP contribution is 1.85. The number of rotatable bonds is 1. The van der Waals surface area contributed by atoms with Gasteiger partial charge >= 0.3 is 0 Å². The molecule has 0 saturated heterocycles. The average molecular weight is 218 g/mol. The van der Waals surface area contributed by atoms with E-state index in [1.807, 2.05) is 0 Å². The van der Waals surface area contributed by atoms with Gasteiger partial charge in [-0.2, -0.15) is 0 Å². The molecular formula is C3H6Br2O. The van der Waals surface area contributed by atoms with E-state index in [-0.39, 0.29) is 21.7 Å². The van der Waals surface area contributed by atoms with Crippen molar-refractivity contribution < 1.29 is 4.79 Å². The quantitative estimate of drug-likeness (QED) is 0.614. The Labute approximate surface area is 56.0 Å². The topological polar surface area (TPSA) is 17.1 Å². The summed E-state index contributed by atoms with van der Waals surface area (Å²) in [7, 11) is 0. The standard InChI is InChI=1S/C3H5BrO.BrH/c1-2-3(4)5;/h2H2,1H3;1H. The van der Waals surface area contributed by atoms with Crippen molar-refractivity contribution in [1.29, 1.82) is 0 Å². The zero-order valence-corrected chi connectivity index (χ0v) is 6.70. The average Bonchev–Trinajstić information content (AvgIpc) is 1.38. The maximum absolute atomic E-state index is 9.73. The van der Waals surface area contributed by atoms with E-state index >= 15 is 0 Å². The van der Waals surface area contributed by atoms with E-state index in [9.17, 15) is 4.79 Å². The van der Waals surface area contributed by atoms with Crippen LogP contribution in [0.4, 0.5) is 0 Å². The maximum Gasteiger partial charge on any atom is 0.197 e. The molecule has 0 rings (SSSR count). The van der Waals surface area contributed by atoms with Crippen LogP contribution in [0.5, 0.6) is 0 Å². The van der Waals surface area contributed by atoms with Gasteiger partial charge in [0.2, 0.25) is 0 Å². The number of hydrogen-bond acceptors (Lipinski definition) is 1. The first-order chi connectivity index (χ1) is 2.27. The highest BCUT2D eigenvalue weighted by atomic mass is 79.9. The third-order valence-electron chi connectivity index (χ3n) is 0.278. The van der Waals surface area contributed by atoms with Crippen molar-refractivity contribution in [2.45, 2.75) is 13.3 Å². The monoisotopic (exact) mass is 216 g/mol. The van der Waals surface area contributed by atoms with Crippen LogP contribution in [0.25, 0.3) is 0 Å². The number of halogens is 2. The maximum atomic E-state index is 9.73. The van der Waals surface area contributed by atoms with Gasteiger partial charge in [-0.3, -0.25) is 4.79 Å². The van der Waals surface area contributed by atoms with Crippen molar-refractivity contribution in [3.63, 3.8) is 0 Å². The summed E-state index contributed by atoms with van der Waals surface area (Å²) in [6.45, 7) is 1.80. The van der Waals surface area contributed by atoms with Crippen LogP contribution in [-0.4, -0.2) is 4.69 Å². The van der Waals surface area contributed by atoms with Gasteiger partial charge in [0.1, 0.15) is 0 Å². The number of hydrogen-bond donors (Lipinski definition) is 0. The van der Waals surface area contributed by atoms with Crippen LogP contribution in [0.15, 0.2) is 0 Å². The molecule has 0 N–H and O–H groups in total. The summed E-state index contributed by atoms with van der Waals surface area (Å²) in [5.41, 5.74) is 0. The molecule has 0 aliphatic heterocycles. The van der Waals surface area contributed by atoms with Gasteiger partial charge < -0.3 is 0 Å². The first kappa shape index (κ1) is 9.80. The SMILES string of the molecule is Br.CCC(=O)Br. The van der Waals surface area contributed by atoms with E-state index in [0.29, 0.717) is 6.42 Å². The molecule has 0 spiro atoms. The van der Waals surface area contributed by atoms with Crippen LogP contribution in [-0.2, 0) is 4.79 Å². The zero-order chi connectivity index (χ0) is 4.28. The van der Waals surface area contributed by atoms with Gasteiger partial charge in [0.25, 0.3) is 0 Å². The molecule has 0 aromatic rings. The second-order valence-corrected chi connectivity index (χ2v) is 1.59. The second-order valence-electron chi connectivity index (χ2n) is 0.709. The molecular weight excluding hydrogens is 212 g/mol. The van der Waals surface area contributed by atoms with Gasteiger partial charge in [-0.15, -0.1) is 17.0 Å². The van der Waals surface area contributed by atoms with Crippen molar-refractivity contribution in [2.24, 2.45) is 0 Å². The fraction of sp³-hybridized carbons (Fsp3) is 0.667.